The van der Waals surface area contributed by atoms with Crippen molar-refractivity contribution >= 4 is 17.7 Å². The van der Waals surface area contributed by atoms with E-state index >= 15 is 0 Å². The van der Waals surface area contributed by atoms with E-state index in [9.17, 15) is 19.1 Å². The first-order valence-corrected chi connectivity index (χ1v) is 6.49. The lowest BCUT2D eigenvalue weighted by atomic mass is 9.85. The van der Waals surface area contributed by atoms with Crippen molar-refractivity contribution < 1.29 is 19.1 Å². The molecular formula is C14H17FN2O3. The number of halogens is 1. The number of anilines is 1. The van der Waals surface area contributed by atoms with E-state index in [1.807, 2.05) is 0 Å². The van der Waals surface area contributed by atoms with E-state index in [-0.39, 0.29) is 5.69 Å². The molecule has 1 aromatic rings. The van der Waals surface area contributed by atoms with Crippen LogP contribution in [0.5, 0.6) is 0 Å². The van der Waals surface area contributed by atoms with Gasteiger partial charge in [-0.25, -0.2) is 9.18 Å². The van der Waals surface area contributed by atoms with Crippen LogP contribution < -0.4 is 10.6 Å². The van der Waals surface area contributed by atoms with Crippen LogP contribution in [0.25, 0.3) is 0 Å². The number of nitrogens with one attached hydrogen (secondary N) is 2. The highest BCUT2D eigenvalue weighted by Crippen LogP contribution is 2.38. The van der Waals surface area contributed by atoms with E-state index in [2.05, 4.69) is 10.6 Å². The Hall–Kier alpha value is -2.11. The van der Waals surface area contributed by atoms with Crippen LogP contribution in [0.15, 0.2) is 24.3 Å². The lowest BCUT2D eigenvalue weighted by Crippen LogP contribution is -2.48. The lowest BCUT2D eigenvalue weighted by molar-refractivity contribution is -0.148. The molecule has 1 saturated carbocycles. The third kappa shape index (κ3) is 2.74. The number of carboxylic acid groups (broad SMARTS) is 1. The highest BCUT2D eigenvalue weighted by atomic mass is 19.1. The van der Waals surface area contributed by atoms with Crippen LogP contribution in [-0.4, -0.2) is 23.1 Å². The Bertz CT molecular complexity index is 535. The Morgan fingerprint density at radius 1 is 1.40 bits per heavy atom. The number of rotatable bonds is 3. The monoisotopic (exact) mass is 280 g/mol. The standard InChI is InChI=1S/C14H17FN2O3/c1-14(12(18)19)8-4-7-11(14)17-13(20)16-10-6-3-2-5-9(10)15/h2-3,5-6,11H,4,7-8H2,1H3,(H,18,19)(H2,16,17,20). The Balaban J connectivity index is 2.02. The van der Waals surface area contributed by atoms with E-state index in [0.717, 1.165) is 6.42 Å². The van der Waals surface area contributed by atoms with Gasteiger partial charge in [0.1, 0.15) is 5.82 Å². The number of carbonyl (C=O) groups excluding carboxylic acids is 1. The molecule has 2 amide bonds. The second-order valence-corrected chi connectivity index (χ2v) is 5.25. The summed E-state index contributed by atoms with van der Waals surface area (Å²) in [6, 6.07) is 4.78. The number of hydrogen-bond acceptors (Lipinski definition) is 2. The Kier molecular flexibility index (Phi) is 3.92. The maximum absolute atomic E-state index is 13.4. The molecule has 6 heteroatoms. The van der Waals surface area contributed by atoms with Gasteiger partial charge in [-0.05, 0) is 31.9 Å². The van der Waals surface area contributed by atoms with Gasteiger partial charge in [0.15, 0.2) is 0 Å². The van der Waals surface area contributed by atoms with Gasteiger partial charge in [-0.2, -0.15) is 0 Å². The minimum Gasteiger partial charge on any atom is -0.481 e. The Morgan fingerprint density at radius 3 is 2.75 bits per heavy atom. The molecule has 1 aliphatic carbocycles. The maximum atomic E-state index is 13.4. The van der Waals surface area contributed by atoms with Gasteiger partial charge in [-0.1, -0.05) is 18.6 Å². The molecule has 5 nitrogen and oxygen atoms in total. The molecule has 0 aliphatic heterocycles. The van der Waals surface area contributed by atoms with Crippen molar-refractivity contribution in [2.45, 2.75) is 32.2 Å². The second kappa shape index (κ2) is 5.48. The van der Waals surface area contributed by atoms with Gasteiger partial charge in [-0.3, -0.25) is 4.79 Å². The molecule has 0 radical (unpaired) electrons. The van der Waals surface area contributed by atoms with Crippen LogP contribution in [0, 0.1) is 11.2 Å². The van der Waals surface area contributed by atoms with Crippen LogP contribution in [0.2, 0.25) is 0 Å². The summed E-state index contributed by atoms with van der Waals surface area (Å²) in [6.45, 7) is 1.62. The van der Waals surface area contributed by atoms with Crippen molar-refractivity contribution in [1.29, 1.82) is 0 Å². The highest BCUT2D eigenvalue weighted by Gasteiger charge is 2.45. The molecule has 3 N–H and O–H groups in total. The van der Waals surface area contributed by atoms with Crippen molar-refractivity contribution in [3.8, 4) is 0 Å². The van der Waals surface area contributed by atoms with Gasteiger partial charge in [0, 0.05) is 6.04 Å². The van der Waals surface area contributed by atoms with Crippen LogP contribution in [0.4, 0.5) is 14.9 Å². The zero-order valence-electron chi connectivity index (χ0n) is 11.1. The number of amides is 2. The predicted octanol–water partition coefficient (Wildman–Crippen LogP) is 2.59. The van der Waals surface area contributed by atoms with Gasteiger partial charge in [0.05, 0.1) is 11.1 Å². The SMILES string of the molecule is CC1(C(=O)O)CCCC1NC(=O)Nc1ccccc1F. The number of carboxylic acids is 1. The quantitative estimate of drug-likeness (QED) is 0.796. The molecule has 2 unspecified atom stereocenters. The first kappa shape index (κ1) is 14.3. The first-order valence-electron chi connectivity index (χ1n) is 6.49. The molecule has 20 heavy (non-hydrogen) atoms. The van der Waals surface area contributed by atoms with E-state index in [4.69, 9.17) is 0 Å². The van der Waals surface area contributed by atoms with E-state index < -0.39 is 29.3 Å². The molecule has 0 aromatic heterocycles. The van der Waals surface area contributed by atoms with Crippen LogP contribution in [0.3, 0.4) is 0 Å². The minimum atomic E-state index is -0.966. The molecule has 2 rings (SSSR count). The van der Waals surface area contributed by atoms with Gasteiger partial charge in [0.25, 0.3) is 0 Å². The summed E-state index contributed by atoms with van der Waals surface area (Å²) in [4.78, 5) is 23.1. The van der Waals surface area contributed by atoms with Crippen LogP contribution in [0.1, 0.15) is 26.2 Å². The van der Waals surface area contributed by atoms with Crippen molar-refractivity contribution in [1.82, 2.24) is 5.32 Å². The summed E-state index contributed by atoms with van der Waals surface area (Å²) >= 11 is 0. The molecule has 0 heterocycles. The molecule has 0 saturated heterocycles. The van der Waals surface area contributed by atoms with Gasteiger partial charge in [0.2, 0.25) is 0 Å². The van der Waals surface area contributed by atoms with Crippen molar-refractivity contribution in [3.05, 3.63) is 30.1 Å². The van der Waals surface area contributed by atoms with Crippen molar-refractivity contribution in [2.75, 3.05) is 5.32 Å². The third-order valence-corrected chi connectivity index (χ3v) is 3.87. The summed E-state index contributed by atoms with van der Waals surface area (Å²) in [6.07, 6.45) is 1.87. The summed E-state index contributed by atoms with van der Waals surface area (Å²) in [5.74, 6) is -1.46. The molecule has 1 aliphatic rings. The summed E-state index contributed by atoms with van der Waals surface area (Å²) < 4.78 is 13.4. The average molecular weight is 280 g/mol. The molecule has 1 aromatic carbocycles. The van der Waals surface area contributed by atoms with Crippen molar-refractivity contribution in [2.24, 2.45) is 5.41 Å². The number of hydrogen-bond donors (Lipinski definition) is 3. The number of aliphatic carboxylic acids is 1. The summed E-state index contributed by atoms with van der Waals surface area (Å²) in [7, 11) is 0. The lowest BCUT2D eigenvalue weighted by Gasteiger charge is -2.27. The molecule has 0 spiro atoms. The van der Waals surface area contributed by atoms with Crippen molar-refractivity contribution in [3.63, 3.8) is 0 Å². The normalized spacial score (nSPS) is 25.2. The van der Waals surface area contributed by atoms with E-state index in [0.29, 0.717) is 12.8 Å². The van der Waals surface area contributed by atoms with E-state index in [1.165, 1.54) is 18.2 Å². The fraction of sp³-hybridized carbons (Fsp3) is 0.429. The second-order valence-electron chi connectivity index (χ2n) is 5.25. The Labute approximate surface area is 116 Å². The van der Waals surface area contributed by atoms with Gasteiger partial charge >= 0.3 is 12.0 Å². The molecule has 108 valence electrons. The van der Waals surface area contributed by atoms with Gasteiger partial charge in [-0.15, -0.1) is 0 Å². The smallest absolute Gasteiger partial charge is 0.319 e. The Morgan fingerprint density at radius 2 is 2.10 bits per heavy atom. The molecule has 2 atom stereocenters. The topological polar surface area (TPSA) is 78.4 Å². The molecule has 0 bridgehead atoms. The number of para-hydroxylation sites is 1. The van der Waals surface area contributed by atoms with Crippen LogP contribution >= 0.6 is 0 Å². The summed E-state index contributed by atoms with van der Waals surface area (Å²) in [5, 5.41) is 14.3. The number of urea groups is 1. The van der Waals surface area contributed by atoms with Crippen LogP contribution in [-0.2, 0) is 4.79 Å². The third-order valence-electron chi connectivity index (χ3n) is 3.87. The first-order chi connectivity index (χ1) is 9.43. The number of benzene rings is 1. The minimum absolute atomic E-state index is 0.0695. The number of carbonyl (C=O) groups is 2. The average Bonchev–Trinajstić information content (AvgIpc) is 2.75. The largest absolute Gasteiger partial charge is 0.481 e. The zero-order chi connectivity index (χ0) is 14.8. The molecular weight excluding hydrogens is 263 g/mol. The zero-order valence-corrected chi connectivity index (χ0v) is 11.1. The van der Waals surface area contributed by atoms with Gasteiger partial charge < -0.3 is 15.7 Å². The highest BCUT2D eigenvalue weighted by molar-refractivity contribution is 5.90. The fourth-order valence-electron chi connectivity index (χ4n) is 2.53. The van der Waals surface area contributed by atoms with E-state index in [1.54, 1.807) is 13.0 Å². The fourth-order valence-corrected chi connectivity index (χ4v) is 2.53. The maximum Gasteiger partial charge on any atom is 0.319 e. The summed E-state index contributed by atoms with van der Waals surface area (Å²) in [5.41, 5.74) is -0.896. The predicted molar refractivity (Wildman–Crippen MR) is 71.9 cm³/mol. The molecule has 1 fully saturated rings.